The molecule has 1 fully saturated rings. The second-order valence-electron chi connectivity index (χ2n) is 6.48. The highest BCUT2D eigenvalue weighted by Gasteiger charge is 2.27. The molecule has 0 bridgehead atoms. The number of ether oxygens (including phenoxy) is 1. The zero-order chi connectivity index (χ0) is 41.2. The Kier molecular flexibility index (Phi) is 2.79. The largest absolute Gasteiger partial charge is 0.493 e. The number of carbonyl (C=O) groups is 1. The van der Waals surface area contributed by atoms with Crippen molar-refractivity contribution < 1.29 is 44.1 Å². The van der Waals surface area contributed by atoms with E-state index in [-0.39, 0.29) is 25.9 Å². The van der Waals surface area contributed by atoms with Crippen LogP contribution in [0.15, 0.2) is 48.3 Å². The molecular formula is C25H34FN3O2. The molecule has 2 aromatic carbocycles. The fraction of sp³-hybridized carbons (Fsp3) is 0.480. The van der Waals surface area contributed by atoms with E-state index in [1.165, 1.54) is 0 Å². The summed E-state index contributed by atoms with van der Waals surface area (Å²) in [6.07, 6.45) is -0.144. The van der Waals surface area contributed by atoms with Crippen LogP contribution in [-0.4, -0.2) is 48.5 Å². The summed E-state index contributed by atoms with van der Waals surface area (Å²) in [5.41, 5.74) is -1.67. The Bertz CT molecular complexity index is 1660. The van der Waals surface area contributed by atoms with Gasteiger partial charge in [0.2, 0.25) is 0 Å². The third kappa shape index (κ3) is 7.24. The van der Waals surface area contributed by atoms with E-state index in [0.717, 1.165) is 9.80 Å². The minimum atomic E-state index is -4.04. The molecule has 2 amide bonds. The maximum absolute atomic E-state index is 14.3. The molecule has 0 saturated carbocycles. The van der Waals surface area contributed by atoms with E-state index in [1.54, 1.807) is 0 Å². The van der Waals surface area contributed by atoms with E-state index >= 15 is 0 Å². The summed E-state index contributed by atoms with van der Waals surface area (Å²) in [4.78, 5) is 15.8. The molecule has 1 aliphatic rings. The summed E-state index contributed by atoms with van der Waals surface area (Å²) >= 11 is 0. The smallest absolute Gasteiger partial charge is 0.318 e. The molecule has 2 aromatic rings. The first-order valence-electron chi connectivity index (χ1n) is 20.1. The standard InChI is InChI=1S/C25H34FN3O2/c1-19(2)18-31-24-10-6-20(7-11-24)16-27-25(30)29(23-12-14-28(3)15-13-23)17-21-4-8-22(26)9-5-21/h4-11,19,23H,12-18H2,1-3H3,(H,27,30)/i1D3,2D3,3D3,4D,5D,6D,7D,8D,9D,10D,11D,16D2,18D2,19D. The van der Waals surface area contributed by atoms with Crippen LogP contribution < -0.4 is 10.1 Å². The van der Waals surface area contributed by atoms with Crippen molar-refractivity contribution in [3.63, 3.8) is 0 Å². The number of amides is 2. The lowest BCUT2D eigenvalue weighted by Gasteiger charge is -2.37. The van der Waals surface area contributed by atoms with E-state index in [9.17, 15) is 9.18 Å². The van der Waals surface area contributed by atoms with Crippen molar-refractivity contribution in [1.29, 1.82) is 0 Å². The van der Waals surface area contributed by atoms with Crippen molar-refractivity contribution in [2.75, 3.05) is 26.6 Å². The van der Waals surface area contributed by atoms with Gasteiger partial charge in [0.15, 0.2) is 0 Å². The lowest BCUT2D eigenvalue weighted by atomic mass is 10.0. The lowest BCUT2D eigenvalue weighted by molar-refractivity contribution is 0.127. The molecule has 31 heavy (non-hydrogen) atoms. The Morgan fingerprint density at radius 3 is 2.58 bits per heavy atom. The first kappa shape index (κ1) is 7.77. The van der Waals surface area contributed by atoms with E-state index in [1.807, 2.05) is 5.32 Å². The summed E-state index contributed by atoms with van der Waals surface area (Å²) in [7, 11) is 0. The summed E-state index contributed by atoms with van der Waals surface area (Å²) in [5.74, 6) is -6.90. The molecule has 0 spiro atoms. The number of urea groups is 1. The third-order valence-corrected chi connectivity index (χ3v) is 4.29. The van der Waals surface area contributed by atoms with Crippen LogP contribution in [0.2, 0.25) is 0 Å². The minimum absolute atomic E-state index is 0.0721. The van der Waals surface area contributed by atoms with Gasteiger partial charge in [0.25, 0.3) is 0 Å². The van der Waals surface area contributed by atoms with E-state index < -0.39 is 129 Å². The van der Waals surface area contributed by atoms with Crippen LogP contribution in [0, 0.1) is 11.7 Å². The Hall–Kier alpha value is -2.60. The second kappa shape index (κ2) is 11.1. The molecule has 3 rings (SSSR count). The van der Waals surface area contributed by atoms with Gasteiger partial charge in [-0.3, -0.25) is 0 Å². The lowest BCUT2D eigenvalue weighted by Crippen LogP contribution is -2.49. The highest BCUT2D eigenvalue weighted by molar-refractivity contribution is 5.74. The molecular weight excluding hydrogens is 393 g/mol. The maximum Gasteiger partial charge on any atom is 0.318 e. The number of benzene rings is 2. The second-order valence-corrected chi connectivity index (χ2v) is 6.48. The van der Waals surface area contributed by atoms with Gasteiger partial charge in [0.1, 0.15) is 11.6 Å². The van der Waals surface area contributed by atoms with Crippen LogP contribution in [0.3, 0.4) is 0 Å². The van der Waals surface area contributed by atoms with Crippen molar-refractivity contribution in [3.05, 3.63) is 65.3 Å². The van der Waals surface area contributed by atoms with E-state index in [4.69, 9.17) is 34.9 Å². The van der Waals surface area contributed by atoms with Gasteiger partial charge in [-0.1, -0.05) is 37.9 Å². The number of carbonyl (C=O) groups excluding carboxylic acids is 1. The van der Waals surface area contributed by atoms with Crippen molar-refractivity contribution in [3.8, 4) is 5.75 Å². The molecule has 0 radical (unpaired) electrons. The number of hydrogen-bond acceptors (Lipinski definition) is 3. The van der Waals surface area contributed by atoms with Gasteiger partial charge in [-0.15, -0.1) is 0 Å². The molecule has 1 N–H and O–H groups in total. The van der Waals surface area contributed by atoms with Gasteiger partial charge < -0.3 is 19.9 Å². The minimum Gasteiger partial charge on any atom is -0.493 e. The Morgan fingerprint density at radius 1 is 1.26 bits per heavy atom. The molecule has 0 aliphatic carbocycles. The van der Waals surface area contributed by atoms with Gasteiger partial charge in [-0.2, -0.15) is 0 Å². The highest BCUT2D eigenvalue weighted by atomic mass is 19.1. The molecule has 6 heteroatoms. The monoisotopic (exact) mass is 449 g/mol. The SMILES string of the molecule is [2H]c1c([2H])c(CN(C(=O)NC([2H])([2H])c2c([2H])c([2H])c(OC([2H])([2H])C([2H])(C([2H])([2H])[2H])C([2H])([2H])[2H])c([2H])c2[2H])C2CCN(C([2H])([2H])[2H])CC2)c([2H])c([2H])c1F. The first-order chi connectivity index (χ1) is 23.7. The van der Waals surface area contributed by atoms with Gasteiger partial charge in [-0.25, -0.2) is 9.18 Å². The molecule has 5 nitrogen and oxygen atoms in total. The molecule has 1 aliphatic heterocycles. The van der Waals surface area contributed by atoms with Crippen molar-refractivity contribution in [1.82, 2.24) is 15.1 Å². The normalized spacial score (nSPS) is 27.9. The molecule has 0 unspecified atom stereocenters. The quantitative estimate of drug-likeness (QED) is 0.637. The Morgan fingerprint density at radius 2 is 1.94 bits per heavy atom. The first-order valence-corrected chi connectivity index (χ1v) is 9.13. The predicted octanol–water partition coefficient (Wildman–Crippen LogP) is 4.67. The van der Waals surface area contributed by atoms with Crippen molar-refractivity contribution in [2.24, 2.45) is 5.89 Å². The fourth-order valence-corrected chi connectivity index (χ4v) is 2.82. The summed E-state index contributed by atoms with van der Waals surface area (Å²) in [6.45, 7) is -18.7. The molecule has 168 valence electrons. The average molecular weight is 450 g/mol. The predicted molar refractivity (Wildman–Crippen MR) is 121 cm³/mol. The van der Waals surface area contributed by atoms with Crippen LogP contribution in [0.4, 0.5) is 9.18 Å². The van der Waals surface area contributed by atoms with Crippen LogP contribution in [0.1, 0.15) is 67.8 Å². The number of nitrogens with zero attached hydrogens (tertiary/aromatic N) is 2. The maximum atomic E-state index is 14.3. The molecule has 0 atom stereocenters. The zero-order valence-electron chi connectivity index (χ0n) is 38.2. The number of rotatable bonds is 8. The van der Waals surface area contributed by atoms with E-state index in [0.29, 0.717) is 0 Å². The molecule has 1 saturated heterocycles. The van der Waals surface area contributed by atoms with Crippen molar-refractivity contribution >= 4 is 6.03 Å². The fourth-order valence-electron chi connectivity index (χ4n) is 2.82. The molecule has 1 heterocycles. The zero-order valence-corrected chi connectivity index (χ0v) is 16.2. The number of halogens is 1. The van der Waals surface area contributed by atoms with Gasteiger partial charge in [0, 0.05) is 32.8 Å². The number of piperidine rings is 1. The number of nitrogens with one attached hydrogen (secondary N) is 1. The average Bonchev–Trinajstić information content (AvgIpc) is 3.01. The van der Waals surface area contributed by atoms with Crippen LogP contribution in [0.25, 0.3) is 0 Å². The van der Waals surface area contributed by atoms with Crippen molar-refractivity contribution in [2.45, 2.75) is 45.6 Å². The van der Waals surface area contributed by atoms with Gasteiger partial charge >= 0.3 is 6.03 Å². The van der Waals surface area contributed by atoms with Crippen LogP contribution >= 0.6 is 0 Å². The van der Waals surface area contributed by atoms with Gasteiger partial charge in [-0.05, 0) is 74.1 Å². The van der Waals surface area contributed by atoms with Gasteiger partial charge in [0.05, 0.1) is 23.0 Å². The Balaban J connectivity index is 2.10. The summed E-state index contributed by atoms with van der Waals surface area (Å²) in [5, 5.41) is 1.88. The summed E-state index contributed by atoms with van der Waals surface area (Å²) < 4.78 is 194. The topological polar surface area (TPSA) is 44.8 Å². The Labute approximate surface area is 216 Å². The highest BCUT2D eigenvalue weighted by Crippen LogP contribution is 2.19. The van der Waals surface area contributed by atoms with Crippen LogP contribution in [-0.2, 0) is 13.0 Å². The third-order valence-electron chi connectivity index (χ3n) is 4.29. The molecule has 0 aromatic heterocycles. The number of likely N-dealkylation sites (tertiary alicyclic amines) is 1. The number of hydrogen-bond donors (Lipinski definition) is 1. The summed E-state index contributed by atoms with van der Waals surface area (Å²) in [6, 6.07) is -11.5. The van der Waals surface area contributed by atoms with Crippen LogP contribution in [0.5, 0.6) is 5.75 Å². The van der Waals surface area contributed by atoms with E-state index in [2.05, 4.69) is 0 Å².